The summed E-state index contributed by atoms with van der Waals surface area (Å²) in [6.45, 7) is 3.25. The Balaban J connectivity index is 2.39. The summed E-state index contributed by atoms with van der Waals surface area (Å²) in [6, 6.07) is 6.11. The van der Waals surface area contributed by atoms with E-state index in [-0.39, 0.29) is 5.56 Å². The van der Waals surface area contributed by atoms with Gasteiger partial charge in [0.15, 0.2) is 0 Å². The topological polar surface area (TPSA) is 63.6 Å². The first-order chi connectivity index (χ1) is 8.65. The van der Waals surface area contributed by atoms with Crippen LogP contribution in [0.4, 0.5) is 0 Å². The molecule has 0 heterocycles. The maximum atomic E-state index is 11.8. The lowest BCUT2D eigenvalue weighted by atomic mass is 10.2. The van der Waals surface area contributed by atoms with Gasteiger partial charge in [-0.05, 0) is 30.7 Å². The average Bonchev–Trinajstić information content (AvgIpc) is 2.38. The molecule has 100 valence electrons. The van der Waals surface area contributed by atoms with Crippen molar-refractivity contribution in [2.24, 2.45) is 0 Å². The zero-order valence-corrected chi connectivity index (χ0v) is 11.2. The summed E-state index contributed by atoms with van der Waals surface area (Å²) in [5.41, 5.74) is 0.204. The minimum absolute atomic E-state index is 0.204. The van der Waals surface area contributed by atoms with Crippen molar-refractivity contribution in [2.45, 2.75) is 24.7 Å². The van der Waals surface area contributed by atoms with E-state index in [1.54, 1.807) is 12.1 Å². The van der Waals surface area contributed by atoms with Crippen molar-refractivity contribution in [2.75, 3.05) is 19.0 Å². The summed E-state index contributed by atoms with van der Waals surface area (Å²) in [4.78, 5) is 11.3. The maximum absolute atomic E-state index is 11.8. The molecule has 0 amide bonds. The van der Waals surface area contributed by atoms with Gasteiger partial charge in [-0.1, -0.05) is 13.3 Å². The van der Waals surface area contributed by atoms with Crippen molar-refractivity contribution < 1.29 is 18.8 Å². The Morgan fingerprint density at radius 3 is 2.50 bits per heavy atom. The SMILES string of the molecule is CCCCOCCS(=O)c1ccc(C(=O)O)cc1. The third-order valence-corrected chi connectivity index (χ3v) is 3.75. The molecule has 5 heteroatoms. The van der Waals surface area contributed by atoms with Crippen LogP contribution < -0.4 is 0 Å². The van der Waals surface area contributed by atoms with E-state index in [2.05, 4.69) is 6.92 Å². The van der Waals surface area contributed by atoms with E-state index in [0.29, 0.717) is 23.9 Å². The second kappa shape index (κ2) is 8.00. The molecule has 0 aromatic heterocycles. The molecule has 1 aromatic carbocycles. The first-order valence-electron chi connectivity index (χ1n) is 5.94. The van der Waals surface area contributed by atoms with E-state index in [0.717, 1.165) is 12.8 Å². The predicted octanol–water partition coefficient (Wildman–Crippen LogP) is 2.31. The molecule has 4 nitrogen and oxygen atoms in total. The highest BCUT2D eigenvalue weighted by molar-refractivity contribution is 7.85. The zero-order valence-electron chi connectivity index (χ0n) is 10.4. The van der Waals surface area contributed by atoms with Gasteiger partial charge >= 0.3 is 5.97 Å². The summed E-state index contributed by atoms with van der Waals surface area (Å²) < 4.78 is 17.2. The molecule has 0 radical (unpaired) electrons. The lowest BCUT2D eigenvalue weighted by Gasteiger charge is -2.04. The number of unbranched alkanes of at least 4 members (excludes halogenated alkanes) is 1. The molecule has 0 aliphatic heterocycles. The fraction of sp³-hybridized carbons (Fsp3) is 0.462. The quantitative estimate of drug-likeness (QED) is 0.736. The zero-order chi connectivity index (χ0) is 13.4. The molecular formula is C13H18O4S. The molecule has 0 fully saturated rings. The lowest BCUT2D eigenvalue weighted by molar-refractivity contribution is 0.0697. The van der Waals surface area contributed by atoms with Crippen LogP contribution in [0, 0.1) is 0 Å². The Kier molecular flexibility index (Phi) is 6.60. The molecule has 0 saturated carbocycles. The van der Waals surface area contributed by atoms with Crippen LogP contribution in [0.1, 0.15) is 30.1 Å². The van der Waals surface area contributed by atoms with Crippen LogP contribution >= 0.6 is 0 Å². The third kappa shape index (κ3) is 4.98. The van der Waals surface area contributed by atoms with Crippen LogP contribution in [0.5, 0.6) is 0 Å². The first kappa shape index (κ1) is 14.9. The van der Waals surface area contributed by atoms with E-state index in [4.69, 9.17) is 9.84 Å². The highest BCUT2D eigenvalue weighted by Gasteiger charge is 2.06. The third-order valence-electron chi connectivity index (χ3n) is 2.42. The largest absolute Gasteiger partial charge is 0.478 e. The van der Waals surface area contributed by atoms with Gasteiger partial charge in [0.05, 0.1) is 28.7 Å². The van der Waals surface area contributed by atoms with Crippen LogP contribution in [0.3, 0.4) is 0 Å². The molecule has 18 heavy (non-hydrogen) atoms. The number of hydrogen-bond donors (Lipinski definition) is 1. The summed E-state index contributed by atoms with van der Waals surface area (Å²) >= 11 is 0. The molecule has 1 unspecified atom stereocenters. The van der Waals surface area contributed by atoms with Gasteiger partial charge in [0.1, 0.15) is 0 Å². The number of benzene rings is 1. The van der Waals surface area contributed by atoms with Gasteiger partial charge in [0, 0.05) is 11.5 Å². The molecule has 0 aliphatic rings. The molecule has 1 aromatic rings. The van der Waals surface area contributed by atoms with Crippen molar-refractivity contribution in [3.8, 4) is 0 Å². The highest BCUT2D eigenvalue weighted by Crippen LogP contribution is 2.09. The van der Waals surface area contributed by atoms with Gasteiger partial charge in [-0.2, -0.15) is 0 Å². The minimum Gasteiger partial charge on any atom is -0.478 e. The number of carboxylic acids is 1. The molecule has 0 aliphatic carbocycles. The van der Waals surface area contributed by atoms with Crippen molar-refractivity contribution >= 4 is 16.8 Å². The van der Waals surface area contributed by atoms with Crippen LogP contribution in [0.2, 0.25) is 0 Å². The van der Waals surface area contributed by atoms with Crippen LogP contribution in [0.15, 0.2) is 29.2 Å². The number of aromatic carboxylic acids is 1. The Morgan fingerprint density at radius 2 is 1.94 bits per heavy atom. The van der Waals surface area contributed by atoms with E-state index in [9.17, 15) is 9.00 Å². The Bertz CT molecular complexity index is 400. The monoisotopic (exact) mass is 270 g/mol. The maximum Gasteiger partial charge on any atom is 0.335 e. The number of ether oxygens (including phenoxy) is 1. The molecular weight excluding hydrogens is 252 g/mol. The lowest BCUT2D eigenvalue weighted by Crippen LogP contribution is -2.07. The van der Waals surface area contributed by atoms with Gasteiger partial charge in [-0.25, -0.2) is 4.79 Å². The van der Waals surface area contributed by atoms with Gasteiger partial charge in [0.2, 0.25) is 0 Å². The van der Waals surface area contributed by atoms with Crippen LogP contribution in [-0.2, 0) is 15.5 Å². The summed E-state index contributed by atoms with van der Waals surface area (Å²) in [6.07, 6.45) is 2.10. The number of carbonyl (C=O) groups is 1. The second-order valence-corrected chi connectivity index (χ2v) is 5.42. The fourth-order valence-corrected chi connectivity index (χ4v) is 2.29. The molecule has 1 N–H and O–H groups in total. The second-order valence-electron chi connectivity index (χ2n) is 3.85. The van der Waals surface area contributed by atoms with Crippen molar-refractivity contribution in [1.82, 2.24) is 0 Å². The summed E-state index contributed by atoms with van der Waals surface area (Å²) in [5.74, 6) is -0.536. The Hall–Kier alpha value is -1.20. The predicted molar refractivity (Wildman–Crippen MR) is 70.4 cm³/mol. The summed E-state index contributed by atoms with van der Waals surface area (Å²) in [5, 5.41) is 8.74. The van der Waals surface area contributed by atoms with Gasteiger partial charge in [0.25, 0.3) is 0 Å². The Morgan fingerprint density at radius 1 is 1.28 bits per heavy atom. The van der Waals surface area contributed by atoms with E-state index >= 15 is 0 Å². The molecule has 0 spiro atoms. The normalized spacial score (nSPS) is 12.3. The van der Waals surface area contributed by atoms with Crippen molar-refractivity contribution in [3.05, 3.63) is 29.8 Å². The van der Waals surface area contributed by atoms with Gasteiger partial charge in [-0.3, -0.25) is 4.21 Å². The number of hydrogen-bond acceptors (Lipinski definition) is 3. The molecule has 0 bridgehead atoms. The van der Waals surface area contributed by atoms with E-state index in [1.807, 2.05) is 0 Å². The minimum atomic E-state index is -1.13. The van der Waals surface area contributed by atoms with Gasteiger partial charge in [-0.15, -0.1) is 0 Å². The molecule has 1 atom stereocenters. The molecule has 1 rings (SSSR count). The number of carboxylic acid groups (broad SMARTS) is 1. The van der Waals surface area contributed by atoms with Gasteiger partial charge < -0.3 is 9.84 Å². The smallest absolute Gasteiger partial charge is 0.335 e. The average molecular weight is 270 g/mol. The number of rotatable bonds is 8. The van der Waals surface area contributed by atoms with E-state index in [1.165, 1.54) is 12.1 Å². The fourth-order valence-electron chi connectivity index (χ4n) is 1.35. The van der Waals surface area contributed by atoms with E-state index < -0.39 is 16.8 Å². The van der Waals surface area contributed by atoms with Crippen LogP contribution in [0.25, 0.3) is 0 Å². The first-order valence-corrected chi connectivity index (χ1v) is 7.26. The van der Waals surface area contributed by atoms with Crippen molar-refractivity contribution in [3.63, 3.8) is 0 Å². The Labute approximate surface area is 109 Å². The van der Waals surface area contributed by atoms with Crippen molar-refractivity contribution in [1.29, 1.82) is 0 Å². The molecule has 0 saturated heterocycles. The standard InChI is InChI=1S/C13H18O4S/c1-2-3-8-17-9-10-18(16)12-6-4-11(5-7-12)13(14)15/h4-7H,2-3,8-10H2,1H3,(H,14,15). The highest BCUT2D eigenvalue weighted by atomic mass is 32.2. The van der Waals surface area contributed by atoms with Crippen LogP contribution in [-0.4, -0.2) is 34.3 Å². The summed E-state index contributed by atoms with van der Waals surface area (Å²) in [7, 11) is -1.13.